The molecule has 0 radical (unpaired) electrons. The molecule has 0 unspecified atom stereocenters. The SMILES string of the molecule is CNC(=O)c1ccc(NC(=O)[C@H]2Cc3ccccc3O2)cc1. The summed E-state index contributed by atoms with van der Waals surface area (Å²) < 4.78 is 5.64. The van der Waals surface area contributed by atoms with Crippen LogP contribution in [0.4, 0.5) is 5.69 Å². The van der Waals surface area contributed by atoms with Crippen molar-refractivity contribution in [2.45, 2.75) is 12.5 Å². The van der Waals surface area contributed by atoms with Gasteiger partial charge >= 0.3 is 0 Å². The lowest BCUT2D eigenvalue weighted by Crippen LogP contribution is -2.31. The van der Waals surface area contributed by atoms with Gasteiger partial charge in [0.2, 0.25) is 0 Å². The molecule has 5 heteroatoms. The molecule has 1 heterocycles. The number of carbonyl (C=O) groups is 2. The molecular formula is C17H16N2O3. The van der Waals surface area contributed by atoms with Crippen molar-refractivity contribution in [3.63, 3.8) is 0 Å². The van der Waals surface area contributed by atoms with E-state index in [0.717, 1.165) is 11.3 Å². The van der Waals surface area contributed by atoms with Gasteiger partial charge in [0.05, 0.1) is 0 Å². The van der Waals surface area contributed by atoms with E-state index in [1.54, 1.807) is 31.3 Å². The Hall–Kier alpha value is -2.82. The monoisotopic (exact) mass is 296 g/mol. The van der Waals surface area contributed by atoms with Gasteiger partial charge in [0.15, 0.2) is 6.10 Å². The highest BCUT2D eigenvalue weighted by atomic mass is 16.5. The maximum Gasteiger partial charge on any atom is 0.265 e. The van der Waals surface area contributed by atoms with Crippen molar-refractivity contribution >= 4 is 17.5 Å². The van der Waals surface area contributed by atoms with Gasteiger partial charge < -0.3 is 15.4 Å². The predicted octanol–water partition coefficient (Wildman–Crippen LogP) is 1.99. The minimum atomic E-state index is -0.518. The summed E-state index contributed by atoms with van der Waals surface area (Å²) in [5, 5.41) is 5.36. The van der Waals surface area contributed by atoms with Crippen LogP contribution < -0.4 is 15.4 Å². The number of nitrogens with one attached hydrogen (secondary N) is 2. The van der Waals surface area contributed by atoms with Crippen LogP contribution in [0.5, 0.6) is 5.75 Å². The van der Waals surface area contributed by atoms with Crippen LogP contribution in [0.2, 0.25) is 0 Å². The first-order valence-electron chi connectivity index (χ1n) is 7.05. The predicted molar refractivity (Wildman–Crippen MR) is 83.0 cm³/mol. The molecule has 1 atom stereocenters. The lowest BCUT2D eigenvalue weighted by Gasteiger charge is -2.11. The summed E-state index contributed by atoms with van der Waals surface area (Å²) in [5.41, 5.74) is 2.22. The highest BCUT2D eigenvalue weighted by Crippen LogP contribution is 2.28. The zero-order valence-corrected chi connectivity index (χ0v) is 12.1. The summed E-state index contributed by atoms with van der Waals surface area (Å²) in [4.78, 5) is 23.7. The molecule has 5 nitrogen and oxygen atoms in total. The van der Waals surface area contributed by atoms with Crippen LogP contribution in [0.25, 0.3) is 0 Å². The van der Waals surface area contributed by atoms with E-state index >= 15 is 0 Å². The van der Waals surface area contributed by atoms with E-state index in [0.29, 0.717) is 17.7 Å². The number of para-hydroxylation sites is 1. The first kappa shape index (κ1) is 14.1. The number of hydrogen-bond acceptors (Lipinski definition) is 3. The van der Waals surface area contributed by atoms with E-state index in [2.05, 4.69) is 10.6 Å². The molecule has 0 saturated heterocycles. The number of ether oxygens (including phenoxy) is 1. The van der Waals surface area contributed by atoms with E-state index in [-0.39, 0.29) is 11.8 Å². The van der Waals surface area contributed by atoms with Crippen molar-refractivity contribution in [3.8, 4) is 5.75 Å². The lowest BCUT2D eigenvalue weighted by molar-refractivity contribution is -0.122. The summed E-state index contributed by atoms with van der Waals surface area (Å²) in [7, 11) is 1.58. The van der Waals surface area contributed by atoms with Crippen molar-refractivity contribution in [2.24, 2.45) is 0 Å². The summed E-state index contributed by atoms with van der Waals surface area (Å²) >= 11 is 0. The zero-order chi connectivity index (χ0) is 15.5. The Bertz CT molecular complexity index is 685. The molecule has 22 heavy (non-hydrogen) atoms. The van der Waals surface area contributed by atoms with E-state index in [9.17, 15) is 9.59 Å². The van der Waals surface area contributed by atoms with Gasteiger partial charge in [-0.3, -0.25) is 9.59 Å². The van der Waals surface area contributed by atoms with Gasteiger partial charge in [-0.2, -0.15) is 0 Å². The van der Waals surface area contributed by atoms with Crippen LogP contribution in [0.3, 0.4) is 0 Å². The summed E-state index contributed by atoms with van der Waals surface area (Å²) in [5.74, 6) is 0.411. The van der Waals surface area contributed by atoms with Gasteiger partial charge in [-0.25, -0.2) is 0 Å². The minimum absolute atomic E-state index is 0.160. The molecule has 2 aromatic carbocycles. The van der Waals surface area contributed by atoms with Crippen LogP contribution in [-0.2, 0) is 11.2 Å². The molecule has 0 spiro atoms. The first-order valence-corrected chi connectivity index (χ1v) is 7.05. The Morgan fingerprint density at radius 2 is 1.82 bits per heavy atom. The van der Waals surface area contributed by atoms with Crippen molar-refractivity contribution in [2.75, 3.05) is 12.4 Å². The topological polar surface area (TPSA) is 67.4 Å². The molecule has 2 aromatic rings. The molecule has 0 fully saturated rings. The highest BCUT2D eigenvalue weighted by molar-refractivity contribution is 5.97. The van der Waals surface area contributed by atoms with Crippen LogP contribution in [0, 0.1) is 0 Å². The fraction of sp³-hybridized carbons (Fsp3) is 0.176. The molecule has 0 saturated carbocycles. The van der Waals surface area contributed by atoms with E-state index in [4.69, 9.17) is 4.74 Å². The summed E-state index contributed by atoms with van der Waals surface area (Å²) in [6.45, 7) is 0. The van der Waals surface area contributed by atoms with Crippen LogP contribution in [0.1, 0.15) is 15.9 Å². The maximum atomic E-state index is 12.2. The van der Waals surface area contributed by atoms with Crippen LogP contribution >= 0.6 is 0 Å². The molecule has 3 rings (SSSR count). The van der Waals surface area contributed by atoms with E-state index in [1.165, 1.54) is 0 Å². The van der Waals surface area contributed by atoms with Gasteiger partial charge in [-0.1, -0.05) is 18.2 Å². The Balaban J connectivity index is 1.64. The number of fused-ring (bicyclic) bond motifs is 1. The molecule has 112 valence electrons. The number of anilines is 1. The minimum Gasteiger partial charge on any atom is -0.480 e. The molecule has 0 bridgehead atoms. The largest absolute Gasteiger partial charge is 0.480 e. The van der Waals surface area contributed by atoms with Gasteiger partial charge in [-0.15, -0.1) is 0 Å². The Morgan fingerprint density at radius 1 is 1.09 bits per heavy atom. The van der Waals surface area contributed by atoms with Gasteiger partial charge in [0, 0.05) is 24.7 Å². The van der Waals surface area contributed by atoms with Crippen molar-refractivity contribution in [1.82, 2.24) is 5.32 Å². The molecule has 1 aliphatic rings. The average molecular weight is 296 g/mol. The standard InChI is InChI=1S/C17H16N2O3/c1-18-16(20)11-6-8-13(9-7-11)19-17(21)15-10-12-4-2-3-5-14(12)22-15/h2-9,15H,10H2,1H3,(H,18,20)(H,19,21)/t15-/m1/s1. The van der Waals surface area contributed by atoms with Gasteiger partial charge in [0.1, 0.15) is 5.75 Å². The van der Waals surface area contributed by atoms with E-state index in [1.807, 2.05) is 24.3 Å². The normalized spacial score (nSPS) is 15.6. The number of rotatable bonds is 3. The lowest BCUT2D eigenvalue weighted by atomic mass is 10.1. The molecule has 2 amide bonds. The van der Waals surface area contributed by atoms with Crippen molar-refractivity contribution < 1.29 is 14.3 Å². The second kappa shape index (κ2) is 5.89. The van der Waals surface area contributed by atoms with E-state index < -0.39 is 6.10 Å². The number of hydrogen-bond donors (Lipinski definition) is 2. The Kier molecular flexibility index (Phi) is 3.78. The maximum absolute atomic E-state index is 12.2. The van der Waals surface area contributed by atoms with Gasteiger partial charge in [0.25, 0.3) is 11.8 Å². The second-order valence-corrected chi connectivity index (χ2v) is 5.06. The third-order valence-corrected chi connectivity index (χ3v) is 3.58. The zero-order valence-electron chi connectivity index (χ0n) is 12.1. The fourth-order valence-corrected chi connectivity index (χ4v) is 2.40. The number of benzene rings is 2. The summed E-state index contributed by atoms with van der Waals surface area (Å²) in [6.07, 6.45) is 0.0502. The molecule has 1 aliphatic heterocycles. The van der Waals surface area contributed by atoms with Crippen molar-refractivity contribution in [1.29, 1.82) is 0 Å². The Morgan fingerprint density at radius 3 is 2.50 bits per heavy atom. The van der Waals surface area contributed by atoms with Crippen molar-refractivity contribution in [3.05, 3.63) is 59.7 Å². The number of amides is 2. The highest BCUT2D eigenvalue weighted by Gasteiger charge is 2.28. The molecule has 0 aliphatic carbocycles. The Labute approximate surface area is 128 Å². The third-order valence-electron chi connectivity index (χ3n) is 3.58. The molecule has 0 aromatic heterocycles. The fourth-order valence-electron chi connectivity index (χ4n) is 2.40. The average Bonchev–Trinajstić information content (AvgIpc) is 2.99. The van der Waals surface area contributed by atoms with Crippen LogP contribution in [-0.4, -0.2) is 25.0 Å². The quantitative estimate of drug-likeness (QED) is 0.910. The molecule has 2 N–H and O–H groups in total. The smallest absolute Gasteiger partial charge is 0.265 e. The number of carbonyl (C=O) groups excluding carboxylic acids is 2. The van der Waals surface area contributed by atoms with Gasteiger partial charge in [-0.05, 0) is 35.9 Å². The second-order valence-electron chi connectivity index (χ2n) is 5.06. The first-order chi connectivity index (χ1) is 10.7. The third kappa shape index (κ3) is 2.79. The summed E-state index contributed by atoms with van der Waals surface area (Å²) in [6, 6.07) is 14.4. The molecular weight excluding hydrogens is 280 g/mol. The van der Waals surface area contributed by atoms with Crippen LogP contribution in [0.15, 0.2) is 48.5 Å².